The van der Waals surface area contributed by atoms with Crippen molar-refractivity contribution >= 4 is 89.0 Å². The molecule has 2 heterocycles. The molecule has 4 aromatic rings. The highest BCUT2D eigenvalue weighted by Gasteiger charge is 2.15. The molecule has 0 unspecified atom stereocenters. The quantitative estimate of drug-likeness (QED) is 0.160. The number of alkyl halides is 2. The minimum absolute atomic E-state index is 0.961. The van der Waals surface area contributed by atoms with Crippen LogP contribution in [0.15, 0.2) is 80.5 Å². The Hall–Kier alpha value is -0.730. The molecule has 0 aliphatic rings. The number of nitrogens with zero attached hydrogens (tertiary/aromatic N) is 2. The Balaban J connectivity index is 1.81. The van der Waals surface area contributed by atoms with Crippen LogP contribution in [0.4, 0.5) is 0 Å². The maximum absolute atomic E-state index is 4.72. The SMILES string of the molecule is BrCCSc1c(Sc2cnc3ccccc3c2SCCBr)cnc2ccccc12. The maximum Gasteiger partial charge on any atom is 0.0714 e. The average Bonchev–Trinajstić information content (AvgIpc) is 2.77. The number of hydrogen-bond donors (Lipinski definition) is 0. The molecule has 29 heavy (non-hydrogen) atoms. The molecule has 0 fully saturated rings. The van der Waals surface area contributed by atoms with E-state index >= 15 is 0 Å². The normalized spacial score (nSPS) is 11.4. The van der Waals surface area contributed by atoms with Gasteiger partial charge < -0.3 is 0 Å². The van der Waals surface area contributed by atoms with Crippen molar-refractivity contribution < 1.29 is 0 Å². The summed E-state index contributed by atoms with van der Waals surface area (Å²) in [5.74, 6) is 2.03. The number of para-hydroxylation sites is 2. The Morgan fingerprint density at radius 3 is 1.55 bits per heavy atom. The Kier molecular flexibility index (Phi) is 7.81. The van der Waals surface area contributed by atoms with Crippen molar-refractivity contribution in [1.82, 2.24) is 9.97 Å². The first-order valence-corrected chi connectivity index (χ1v) is 14.2. The lowest BCUT2D eigenvalue weighted by molar-refractivity contribution is 1.16. The summed E-state index contributed by atoms with van der Waals surface area (Å²) in [5.41, 5.74) is 2.08. The zero-order chi connectivity index (χ0) is 20.1. The lowest BCUT2D eigenvalue weighted by Crippen LogP contribution is -1.92. The summed E-state index contributed by atoms with van der Waals surface area (Å²) < 4.78 is 0. The van der Waals surface area contributed by atoms with E-state index in [1.54, 1.807) is 11.8 Å². The number of aromatic nitrogens is 2. The van der Waals surface area contributed by atoms with Gasteiger partial charge in [-0.05, 0) is 12.1 Å². The molecule has 0 atom stereocenters. The Bertz CT molecular complexity index is 1050. The highest BCUT2D eigenvalue weighted by Crippen LogP contribution is 2.44. The van der Waals surface area contributed by atoms with Crippen LogP contribution in [0.3, 0.4) is 0 Å². The molecule has 0 spiro atoms. The number of halogens is 2. The molecule has 0 saturated carbocycles. The molecule has 148 valence electrons. The van der Waals surface area contributed by atoms with E-state index in [2.05, 4.69) is 68.3 Å². The van der Waals surface area contributed by atoms with E-state index in [1.807, 2.05) is 48.1 Å². The van der Waals surface area contributed by atoms with Gasteiger partial charge in [0.2, 0.25) is 0 Å². The van der Waals surface area contributed by atoms with Gasteiger partial charge in [0.1, 0.15) is 0 Å². The number of rotatable bonds is 8. The molecule has 0 saturated heterocycles. The van der Waals surface area contributed by atoms with Crippen molar-refractivity contribution in [3.05, 3.63) is 60.9 Å². The van der Waals surface area contributed by atoms with Crippen molar-refractivity contribution in [1.29, 1.82) is 0 Å². The van der Waals surface area contributed by atoms with Gasteiger partial charge in [-0.2, -0.15) is 0 Å². The molecule has 0 radical (unpaired) electrons. The van der Waals surface area contributed by atoms with Gasteiger partial charge in [-0.1, -0.05) is 80.0 Å². The van der Waals surface area contributed by atoms with Crippen molar-refractivity contribution in [3.8, 4) is 0 Å². The third-order valence-electron chi connectivity index (χ3n) is 4.25. The van der Waals surface area contributed by atoms with Crippen LogP contribution in [-0.4, -0.2) is 32.1 Å². The van der Waals surface area contributed by atoms with E-state index in [1.165, 1.54) is 30.4 Å². The van der Waals surface area contributed by atoms with Gasteiger partial charge in [0, 0.05) is 64.9 Å². The highest BCUT2D eigenvalue weighted by atomic mass is 79.9. The monoisotopic (exact) mass is 564 g/mol. The molecule has 0 aliphatic carbocycles. The van der Waals surface area contributed by atoms with Crippen LogP contribution in [0.2, 0.25) is 0 Å². The third kappa shape index (κ3) is 4.96. The lowest BCUT2D eigenvalue weighted by Gasteiger charge is -2.14. The first kappa shape index (κ1) is 21.5. The topological polar surface area (TPSA) is 25.8 Å². The Morgan fingerprint density at radius 2 is 1.10 bits per heavy atom. The van der Waals surface area contributed by atoms with E-state index in [9.17, 15) is 0 Å². The summed E-state index contributed by atoms with van der Waals surface area (Å²) in [6, 6.07) is 16.8. The molecule has 0 bridgehead atoms. The van der Waals surface area contributed by atoms with E-state index < -0.39 is 0 Å². The predicted molar refractivity (Wildman–Crippen MR) is 137 cm³/mol. The highest BCUT2D eigenvalue weighted by molar-refractivity contribution is 9.09. The van der Waals surface area contributed by atoms with Crippen LogP contribution < -0.4 is 0 Å². The second-order valence-electron chi connectivity index (χ2n) is 6.11. The van der Waals surface area contributed by atoms with E-state index in [0.29, 0.717) is 0 Å². The number of hydrogen-bond acceptors (Lipinski definition) is 5. The fourth-order valence-electron chi connectivity index (χ4n) is 3.04. The van der Waals surface area contributed by atoms with Crippen LogP contribution in [0.5, 0.6) is 0 Å². The molecule has 2 aromatic heterocycles. The van der Waals surface area contributed by atoms with Gasteiger partial charge in [0.25, 0.3) is 0 Å². The summed E-state index contributed by atoms with van der Waals surface area (Å²) >= 11 is 12.7. The first-order chi connectivity index (χ1) is 14.3. The second-order valence-corrected chi connectivity index (χ2v) is 11.0. The van der Waals surface area contributed by atoms with Crippen molar-refractivity contribution in [2.75, 3.05) is 22.2 Å². The number of pyridine rings is 2. The second kappa shape index (κ2) is 10.5. The van der Waals surface area contributed by atoms with Gasteiger partial charge in [-0.3, -0.25) is 9.97 Å². The minimum atomic E-state index is 0.961. The molecule has 0 aliphatic heterocycles. The fourth-order valence-corrected chi connectivity index (χ4v) is 7.07. The van der Waals surface area contributed by atoms with Gasteiger partial charge in [-0.25, -0.2) is 0 Å². The van der Waals surface area contributed by atoms with Crippen LogP contribution in [0, 0.1) is 0 Å². The van der Waals surface area contributed by atoms with E-state index in [0.717, 1.165) is 33.2 Å². The molecule has 7 heteroatoms. The van der Waals surface area contributed by atoms with Crippen LogP contribution in [0.1, 0.15) is 0 Å². The summed E-state index contributed by atoms with van der Waals surface area (Å²) in [7, 11) is 0. The largest absolute Gasteiger partial charge is 0.255 e. The molecular formula is C22H18Br2N2S3. The average molecular weight is 566 g/mol. The first-order valence-electron chi connectivity index (χ1n) is 9.12. The molecule has 2 nitrogen and oxygen atoms in total. The van der Waals surface area contributed by atoms with Gasteiger partial charge in [0.05, 0.1) is 11.0 Å². The Morgan fingerprint density at radius 1 is 0.655 bits per heavy atom. The molecule has 4 rings (SSSR count). The smallest absolute Gasteiger partial charge is 0.0714 e. The lowest BCUT2D eigenvalue weighted by atomic mass is 10.2. The van der Waals surface area contributed by atoms with Crippen LogP contribution >= 0.6 is 67.1 Å². The summed E-state index contributed by atoms with van der Waals surface area (Å²) in [4.78, 5) is 14.4. The zero-order valence-corrected chi connectivity index (χ0v) is 21.1. The van der Waals surface area contributed by atoms with Crippen molar-refractivity contribution in [2.24, 2.45) is 0 Å². The van der Waals surface area contributed by atoms with Crippen molar-refractivity contribution in [3.63, 3.8) is 0 Å². The third-order valence-corrected chi connectivity index (χ3v) is 9.69. The zero-order valence-electron chi connectivity index (χ0n) is 15.5. The molecule has 2 aromatic carbocycles. The van der Waals surface area contributed by atoms with Crippen molar-refractivity contribution in [2.45, 2.75) is 19.6 Å². The minimum Gasteiger partial charge on any atom is -0.255 e. The van der Waals surface area contributed by atoms with E-state index in [4.69, 9.17) is 9.97 Å². The number of thioether (sulfide) groups is 2. The van der Waals surface area contributed by atoms with Crippen LogP contribution in [-0.2, 0) is 0 Å². The summed E-state index contributed by atoms with van der Waals surface area (Å²) in [6.07, 6.45) is 4.02. The molecule has 0 amide bonds. The number of fused-ring (bicyclic) bond motifs is 2. The predicted octanol–water partition coefficient (Wildman–Crippen LogP) is 7.91. The molecular weight excluding hydrogens is 548 g/mol. The van der Waals surface area contributed by atoms with E-state index in [-0.39, 0.29) is 0 Å². The fraction of sp³-hybridized carbons (Fsp3) is 0.182. The molecule has 0 N–H and O–H groups in total. The van der Waals surface area contributed by atoms with Gasteiger partial charge >= 0.3 is 0 Å². The van der Waals surface area contributed by atoms with Crippen LogP contribution in [0.25, 0.3) is 21.8 Å². The number of benzene rings is 2. The Labute approximate surface area is 200 Å². The van der Waals surface area contributed by atoms with Gasteiger partial charge in [0.15, 0.2) is 0 Å². The van der Waals surface area contributed by atoms with Gasteiger partial charge in [-0.15, -0.1) is 23.5 Å². The summed E-state index contributed by atoms with van der Waals surface area (Å²) in [6.45, 7) is 0. The summed E-state index contributed by atoms with van der Waals surface area (Å²) in [5, 5.41) is 4.35. The standard InChI is InChI=1S/C22H18Br2N2S3/c23-9-11-27-21-15-5-1-3-7-17(15)25-13-19(21)29-20-14-26-18-8-4-2-6-16(18)22(20)28-12-10-24/h1-8,13-14H,9-12H2. The maximum atomic E-state index is 4.72.